The number of ether oxygens (including phenoxy) is 1. The number of aryl methyl sites for hydroxylation is 1. The molecule has 1 aromatic carbocycles. The number of carboxylic acid groups (broad SMARTS) is 1. The summed E-state index contributed by atoms with van der Waals surface area (Å²) in [6.07, 6.45) is -0.546. The Balaban J connectivity index is 1.96. The van der Waals surface area contributed by atoms with Crippen molar-refractivity contribution in [2.24, 2.45) is 0 Å². The Hall–Kier alpha value is -1.60. The van der Waals surface area contributed by atoms with E-state index in [4.69, 9.17) is 9.84 Å². The molecule has 0 aliphatic carbocycles. The highest BCUT2D eigenvalue weighted by Gasteiger charge is 2.25. The predicted octanol–water partition coefficient (Wildman–Crippen LogP) is 2.46. The van der Waals surface area contributed by atoms with E-state index in [0.717, 1.165) is 10.0 Å². The SMILES string of the molecule is Cc1cc(NC(=O)N2CCOC(CC(=O)O)C2)ccc1Br. The number of rotatable bonds is 3. The third kappa shape index (κ3) is 4.44. The van der Waals surface area contributed by atoms with E-state index >= 15 is 0 Å². The van der Waals surface area contributed by atoms with Crippen LogP contribution in [0.4, 0.5) is 10.5 Å². The summed E-state index contributed by atoms with van der Waals surface area (Å²) in [4.78, 5) is 24.5. The van der Waals surface area contributed by atoms with Crippen molar-refractivity contribution in [3.05, 3.63) is 28.2 Å². The van der Waals surface area contributed by atoms with Gasteiger partial charge in [-0.25, -0.2) is 4.79 Å². The zero-order valence-corrected chi connectivity index (χ0v) is 13.2. The van der Waals surface area contributed by atoms with Crippen molar-refractivity contribution in [3.8, 4) is 0 Å². The molecule has 21 heavy (non-hydrogen) atoms. The Morgan fingerprint density at radius 1 is 1.52 bits per heavy atom. The summed E-state index contributed by atoms with van der Waals surface area (Å²) >= 11 is 3.41. The summed E-state index contributed by atoms with van der Waals surface area (Å²) in [5.41, 5.74) is 1.74. The molecule has 0 saturated carbocycles. The molecule has 6 nitrogen and oxygen atoms in total. The van der Waals surface area contributed by atoms with E-state index in [1.165, 1.54) is 0 Å². The largest absolute Gasteiger partial charge is 0.481 e. The van der Waals surface area contributed by atoms with Crippen LogP contribution in [0, 0.1) is 6.92 Å². The maximum Gasteiger partial charge on any atom is 0.322 e. The van der Waals surface area contributed by atoms with Gasteiger partial charge in [0.05, 0.1) is 19.1 Å². The van der Waals surface area contributed by atoms with Crippen molar-refractivity contribution in [2.75, 3.05) is 25.0 Å². The molecule has 1 unspecified atom stereocenters. The second-order valence-electron chi connectivity index (χ2n) is 4.93. The molecule has 1 saturated heterocycles. The van der Waals surface area contributed by atoms with E-state index in [0.29, 0.717) is 18.8 Å². The lowest BCUT2D eigenvalue weighted by atomic mass is 10.2. The zero-order valence-electron chi connectivity index (χ0n) is 11.6. The molecule has 0 aromatic heterocycles. The van der Waals surface area contributed by atoms with Crippen LogP contribution in [0.5, 0.6) is 0 Å². The van der Waals surface area contributed by atoms with Crippen LogP contribution in [0.3, 0.4) is 0 Å². The van der Waals surface area contributed by atoms with Gasteiger partial charge in [-0.2, -0.15) is 0 Å². The van der Waals surface area contributed by atoms with E-state index in [9.17, 15) is 9.59 Å². The zero-order chi connectivity index (χ0) is 15.4. The van der Waals surface area contributed by atoms with Crippen molar-refractivity contribution >= 4 is 33.6 Å². The highest BCUT2D eigenvalue weighted by atomic mass is 79.9. The first kappa shape index (κ1) is 15.8. The molecule has 0 spiro atoms. The molecule has 2 rings (SSSR count). The van der Waals surface area contributed by atoms with Gasteiger partial charge in [-0.05, 0) is 30.7 Å². The number of nitrogens with zero attached hydrogens (tertiary/aromatic N) is 1. The fourth-order valence-electron chi connectivity index (χ4n) is 2.15. The van der Waals surface area contributed by atoms with E-state index in [2.05, 4.69) is 21.2 Å². The standard InChI is InChI=1S/C14H17BrN2O4/c1-9-6-10(2-3-12(9)15)16-14(20)17-4-5-21-11(8-17)7-13(18)19/h2-3,6,11H,4-5,7-8H2,1H3,(H,16,20)(H,18,19). The first-order valence-electron chi connectivity index (χ1n) is 6.61. The Bertz CT molecular complexity index is 550. The second kappa shape index (κ2) is 6.91. The molecule has 1 aliphatic heterocycles. The first-order chi connectivity index (χ1) is 9.95. The van der Waals surface area contributed by atoms with E-state index in [-0.39, 0.29) is 19.0 Å². The van der Waals surface area contributed by atoms with Gasteiger partial charge in [-0.1, -0.05) is 15.9 Å². The molecule has 2 N–H and O–H groups in total. The number of anilines is 1. The number of hydrogen-bond donors (Lipinski definition) is 2. The normalized spacial score (nSPS) is 18.4. The molecule has 2 amide bonds. The van der Waals surface area contributed by atoms with Crippen LogP contribution in [0.1, 0.15) is 12.0 Å². The summed E-state index contributed by atoms with van der Waals surface area (Å²) < 4.78 is 6.33. The van der Waals surface area contributed by atoms with Gasteiger partial charge in [-0.15, -0.1) is 0 Å². The summed E-state index contributed by atoms with van der Waals surface area (Å²) in [5, 5.41) is 11.6. The number of nitrogens with one attached hydrogen (secondary N) is 1. The van der Waals surface area contributed by atoms with Crippen molar-refractivity contribution in [1.82, 2.24) is 4.90 Å². The quantitative estimate of drug-likeness (QED) is 0.871. The van der Waals surface area contributed by atoms with Crippen LogP contribution >= 0.6 is 15.9 Å². The molecular weight excluding hydrogens is 340 g/mol. The van der Waals surface area contributed by atoms with Crippen LogP contribution in [0.25, 0.3) is 0 Å². The van der Waals surface area contributed by atoms with Gasteiger partial charge in [0.1, 0.15) is 0 Å². The number of carbonyl (C=O) groups excluding carboxylic acids is 1. The van der Waals surface area contributed by atoms with Crippen LogP contribution in [0.2, 0.25) is 0 Å². The minimum absolute atomic E-state index is 0.0961. The Morgan fingerprint density at radius 3 is 2.95 bits per heavy atom. The molecule has 7 heteroatoms. The highest BCUT2D eigenvalue weighted by Crippen LogP contribution is 2.20. The molecule has 0 bridgehead atoms. The van der Waals surface area contributed by atoms with Gasteiger partial charge in [0.2, 0.25) is 0 Å². The van der Waals surface area contributed by atoms with Gasteiger partial charge < -0.3 is 20.1 Å². The molecule has 114 valence electrons. The van der Waals surface area contributed by atoms with Crippen molar-refractivity contribution in [1.29, 1.82) is 0 Å². The molecule has 1 atom stereocenters. The average Bonchev–Trinajstić information content (AvgIpc) is 2.42. The minimum atomic E-state index is -0.925. The minimum Gasteiger partial charge on any atom is -0.481 e. The first-order valence-corrected chi connectivity index (χ1v) is 7.40. The van der Waals surface area contributed by atoms with Crippen molar-refractivity contribution < 1.29 is 19.4 Å². The molecule has 0 radical (unpaired) electrons. The van der Waals surface area contributed by atoms with E-state index < -0.39 is 12.1 Å². The monoisotopic (exact) mass is 356 g/mol. The van der Waals surface area contributed by atoms with Gasteiger partial charge >= 0.3 is 12.0 Å². The van der Waals surface area contributed by atoms with Crippen LogP contribution in [-0.2, 0) is 9.53 Å². The van der Waals surface area contributed by atoms with Gasteiger partial charge in [0.15, 0.2) is 0 Å². The van der Waals surface area contributed by atoms with Crippen molar-refractivity contribution in [2.45, 2.75) is 19.4 Å². The van der Waals surface area contributed by atoms with Crippen molar-refractivity contribution in [3.63, 3.8) is 0 Å². The van der Waals surface area contributed by atoms with Crippen LogP contribution in [0.15, 0.2) is 22.7 Å². The van der Waals surface area contributed by atoms with Crippen LogP contribution < -0.4 is 5.32 Å². The number of aliphatic carboxylic acids is 1. The number of urea groups is 1. The summed E-state index contributed by atoms with van der Waals surface area (Å²) in [6.45, 7) is 3.03. The number of morpholine rings is 1. The lowest BCUT2D eigenvalue weighted by molar-refractivity contribution is -0.141. The molecule has 1 heterocycles. The number of carbonyl (C=O) groups is 2. The number of benzene rings is 1. The summed E-state index contributed by atoms with van der Waals surface area (Å²) in [7, 11) is 0. The fraction of sp³-hybridized carbons (Fsp3) is 0.429. The lowest BCUT2D eigenvalue weighted by Crippen LogP contribution is -2.47. The number of amides is 2. The van der Waals surface area contributed by atoms with E-state index in [1.807, 2.05) is 25.1 Å². The average molecular weight is 357 g/mol. The Labute approximate surface area is 131 Å². The maximum atomic E-state index is 12.2. The van der Waals surface area contributed by atoms with Gasteiger partial charge in [0, 0.05) is 23.2 Å². The molecule has 1 fully saturated rings. The smallest absolute Gasteiger partial charge is 0.322 e. The van der Waals surface area contributed by atoms with E-state index in [1.54, 1.807) is 4.90 Å². The number of halogens is 1. The number of carboxylic acids is 1. The maximum absolute atomic E-state index is 12.2. The van der Waals surface area contributed by atoms with Crippen LogP contribution in [-0.4, -0.2) is 47.8 Å². The second-order valence-corrected chi connectivity index (χ2v) is 5.79. The summed E-state index contributed by atoms with van der Waals surface area (Å²) in [5.74, 6) is -0.925. The molecule has 1 aliphatic rings. The molecule has 1 aromatic rings. The Morgan fingerprint density at radius 2 is 2.29 bits per heavy atom. The topological polar surface area (TPSA) is 78.9 Å². The number of hydrogen-bond acceptors (Lipinski definition) is 3. The van der Waals surface area contributed by atoms with Gasteiger partial charge in [-0.3, -0.25) is 4.79 Å². The Kier molecular flexibility index (Phi) is 5.19. The van der Waals surface area contributed by atoms with Gasteiger partial charge in [0.25, 0.3) is 0 Å². The highest BCUT2D eigenvalue weighted by molar-refractivity contribution is 9.10. The summed E-state index contributed by atoms with van der Waals surface area (Å²) in [6, 6.07) is 5.31. The third-order valence-corrected chi connectivity index (χ3v) is 4.13. The molecular formula is C14H17BrN2O4. The fourth-order valence-corrected chi connectivity index (χ4v) is 2.39. The predicted molar refractivity (Wildman–Crippen MR) is 81.5 cm³/mol. The lowest BCUT2D eigenvalue weighted by Gasteiger charge is -2.32. The third-order valence-electron chi connectivity index (χ3n) is 3.24.